The van der Waals surface area contributed by atoms with Crippen molar-refractivity contribution >= 4 is 27.3 Å². The number of aryl methyl sites for hydroxylation is 1. The van der Waals surface area contributed by atoms with Crippen LogP contribution in [0.1, 0.15) is 29.1 Å². The van der Waals surface area contributed by atoms with Gasteiger partial charge >= 0.3 is 0 Å². The van der Waals surface area contributed by atoms with Crippen LogP contribution in [0.2, 0.25) is 0 Å². The van der Waals surface area contributed by atoms with Crippen molar-refractivity contribution in [1.82, 2.24) is 15.1 Å². The molecule has 2 aromatic heterocycles. The van der Waals surface area contributed by atoms with Gasteiger partial charge in [-0.25, -0.2) is 13.6 Å². The van der Waals surface area contributed by atoms with E-state index in [1.807, 2.05) is 20.9 Å². The molecule has 0 fully saturated rings. The van der Waals surface area contributed by atoms with Crippen LogP contribution < -0.4 is 10.5 Å². The van der Waals surface area contributed by atoms with E-state index < -0.39 is 10.0 Å². The zero-order chi connectivity index (χ0) is 16.5. The third-order valence-electron chi connectivity index (χ3n) is 3.37. The molecule has 0 aromatic carbocycles. The Balaban J connectivity index is 2.01. The molecule has 22 heavy (non-hydrogen) atoms. The first kappa shape index (κ1) is 16.7. The van der Waals surface area contributed by atoms with E-state index in [2.05, 4.69) is 10.4 Å². The number of nitrogens with one attached hydrogen (secondary N) is 1. The normalized spacial score (nSPS) is 13.1. The third kappa shape index (κ3) is 3.73. The predicted molar refractivity (Wildman–Crippen MR) is 83.9 cm³/mol. The van der Waals surface area contributed by atoms with E-state index in [1.165, 1.54) is 6.07 Å². The second-order valence-corrected chi connectivity index (χ2v) is 8.00. The number of nitrogens with zero attached hydrogens (tertiary/aromatic N) is 2. The van der Waals surface area contributed by atoms with Crippen molar-refractivity contribution in [3.63, 3.8) is 0 Å². The molecule has 2 aromatic rings. The average molecular weight is 342 g/mol. The Kier molecular flexibility index (Phi) is 4.69. The molecule has 7 nitrogen and oxygen atoms in total. The van der Waals surface area contributed by atoms with Crippen LogP contribution in [0.3, 0.4) is 0 Å². The van der Waals surface area contributed by atoms with Gasteiger partial charge in [0.15, 0.2) is 0 Å². The number of rotatable bonds is 5. The third-order valence-corrected chi connectivity index (χ3v) is 5.89. The minimum atomic E-state index is -3.71. The Labute approximate surface area is 133 Å². The molecule has 0 aliphatic rings. The number of carbonyl (C=O) groups is 1. The van der Waals surface area contributed by atoms with Gasteiger partial charge in [0.1, 0.15) is 4.21 Å². The maximum absolute atomic E-state index is 12.1. The Morgan fingerprint density at radius 3 is 2.68 bits per heavy atom. The van der Waals surface area contributed by atoms with E-state index in [0.29, 0.717) is 4.88 Å². The van der Waals surface area contributed by atoms with Gasteiger partial charge in [-0.3, -0.25) is 9.48 Å². The first-order valence-electron chi connectivity index (χ1n) is 6.58. The van der Waals surface area contributed by atoms with Crippen LogP contribution in [-0.4, -0.2) is 24.1 Å². The molecule has 0 aliphatic heterocycles. The number of aromatic nitrogens is 2. The van der Waals surface area contributed by atoms with Gasteiger partial charge in [0.05, 0.1) is 18.7 Å². The molecule has 120 valence electrons. The molecule has 9 heteroatoms. The molecule has 0 unspecified atom stereocenters. The fourth-order valence-electron chi connectivity index (χ4n) is 2.08. The van der Waals surface area contributed by atoms with Crippen molar-refractivity contribution in [3.8, 4) is 0 Å². The smallest absolute Gasteiger partial charge is 0.247 e. The molecule has 2 rings (SSSR count). The number of primary sulfonamides is 1. The van der Waals surface area contributed by atoms with E-state index in [9.17, 15) is 13.2 Å². The van der Waals surface area contributed by atoms with Crippen LogP contribution in [0, 0.1) is 6.92 Å². The number of hydrogen-bond donors (Lipinski definition) is 2. The largest absolute Gasteiger partial charge is 0.349 e. The highest BCUT2D eigenvalue weighted by Crippen LogP contribution is 2.21. The van der Waals surface area contributed by atoms with Crippen LogP contribution in [0.4, 0.5) is 0 Å². The van der Waals surface area contributed by atoms with E-state index in [-0.39, 0.29) is 22.6 Å². The Morgan fingerprint density at radius 2 is 2.18 bits per heavy atom. The SMILES string of the molecule is Cc1c([C@H](C)NC(=O)Cc2ccc(S(N)(=O)=O)s2)cnn1C. The van der Waals surface area contributed by atoms with Crippen molar-refractivity contribution < 1.29 is 13.2 Å². The minimum absolute atomic E-state index is 0.0615. The van der Waals surface area contributed by atoms with Crippen LogP contribution in [-0.2, 0) is 28.3 Å². The number of thiophene rings is 1. The lowest BCUT2D eigenvalue weighted by Gasteiger charge is -2.13. The molecule has 2 heterocycles. The van der Waals surface area contributed by atoms with Crippen molar-refractivity contribution in [2.75, 3.05) is 0 Å². The molecule has 0 radical (unpaired) electrons. The second kappa shape index (κ2) is 6.19. The first-order valence-corrected chi connectivity index (χ1v) is 8.94. The maximum atomic E-state index is 12.1. The van der Waals surface area contributed by atoms with Gasteiger partial charge in [0.2, 0.25) is 15.9 Å². The van der Waals surface area contributed by atoms with E-state index in [1.54, 1.807) is 16.9 Å². The molecule has 1 atom stereocenters. The highest BCUT2D eigenvalue weighted by Gasteiger charge is 2.17. The van der Waals surface area contributed by atoms with Gasteiger partial charge in [-0.2, -0.15) is 5.10 Å². The number of amides is 1. The quantitative estimate of drug-likeness (QED) is 0.840. The topological polar surface area (TPSA) is 107 Å². The fraction of sp³-hybridized carbons (Fsp3) is 0.385. The van der Waals surface area contributed by atoms with Gasteiger partial charge in [-0.05, 0) is 26.0 Å². The van der Waals surface area contributed by atoms with Gasteiger partial charge in [-0.15, -0.1) is 11.3 Å². The highest BCUT2D eigenvalue weighted by molar-refractivity contribution is 7.91. The monoisotopic (exact) mass is 342 g/mol. The van der Waals surface area contributed by atoms with Gasteiger partial charge in [-0.1, -0.05) is 0 Å². The van der Waals surface area contributed by atoms with Crippen molar-refractivity contribution in [3.05, 3.63) is 34.5 Å². The molecular formula is C13H18N4O3S2. The summed E-state index contributed by atoms with van der Waals surface area (Å²) in [4.78, 5) is 12.7. The predicted octanol–water partition coefficient (Wildman–Crippen LogP) is 0.857. The lowest BCUT2D eigenvalue weighted by molar-refractivity contribution is -0.121. The minimum Gasteiger partial charge on any atom is -0.349 e. The number of hydrogen-bond acceptors (Lipinski definition) is 5. The summed E-state index contributed by atoms with van der Waals surface area (Å²) in [6, 6.07) is 2.85. The molecule has 0 saturated carbocycles. The summed E-state index contributed by atoms with van der Waals surface area (Å²) in [5.74, 6) is -0.182. The van der Waals surface area contributed by atoms with E-state index in [0.717, 1.165) is 22.6 Å². The van der Waals surface area contributed by atoms with E-state index >= 15 is 0 Å². The average Bonchev–Trinajstić information content (AvgIpc) is 2.97. The van der Waals surface area contributed by atoms with Crippen LogP contribution in [0.15, 0.2) is 22.5 Å². The lowest BCUT2D eigenvalue weighted by Crippen LogP contribution is -2.28. The van der Waals surface area contributed by atoms with Gasteiger partial charge in [0, 0.05) is 23.2 Å². The molecular weight excluding hydrogens is 324 g/mol. The molecule has 0 aliphatic carbocycles. The Bertz CT molecular complexity index is 792. The fourth-order valence-corrected chi connectivity index (χ4v) is 3.85. The number of sulfonamides is 1. The van der Waals surface area contributed by atoms with Crippen molar-refractivity contribution in [2.45, 2.75) is 30.5 Å². The van der Waals surface area contributed by atoms with Crippen LogP contribution >= 0.6 is 11.3 Å². The number of carbonyl (C=O) groups excluding carboxylic acids is 1. The summed E-state index contributed by atoms with van der Waals surface area (Å²) >= 11 is 1.01. The zero-order valence-corrected chi connectivity index (χ0v) is 14.2. The summed E-state index contributed by atoms with van der Waals surface area (Å²) in [5.41, 5.74) is 1.94. The van der Waals surface area contributed by atoms with Crippen LogP contribution in [0.25, 0.3) is 0 Å². The summed E-state index contributed by atoms with van der Waals surface area (Å²) < 4.78 is 24.2. The molecule has 0 spiro atoms. The lowest BCUT2D eigenvalue weighted by atomic mass is 10.1. The Hall–Kier alpha value is -1.71. The molecule has 0 bridgehead atoms. The Morgan fingerprint density at radius 1 is 1.50 bits per heavy atom. The number of nitrogens with two attached hydrogens (primary N) is 1. The van der Waals surface area contributed by atoms with Crippen LogP contribution in [0.5, 0.6) is 0 Å². The molecule has 0 saturated heterocycles. The highest BCUT2D eigenvalue weighted by atomic mass is 32.2. The summed E-state index contributed by atoms with van der Waals surface area (Å²) in [6.07, 6.45) is 1.84. The summed E-state index contributed by atoms with van der Waals surface area (Å²) in [6.45, 7) is 3.81. The first-order chi connectivity index (χ1) is 10.2. The standard InChI is InChI=1S/C13H18N4O3S2/c1-8(11-7-15-17(3)9(11)2)16-12(18)6-10-4-5-13(21-10)22(14,19)20/h4-5,7-8H,6H2,1-3H3,(H,16,18)(H2,14,19,20)/t8-/m0/s1. The van der Waals surface area contributed by atoms with Gasteiger partial charge in [0.25, 0.3) is 0 Å². The van der Waals surface area contributed by atoms with Crippen molar-refractivity contribution in [2.24, 2.45) is 12.2 Å². The molecule has 1 amide bonds. The summed E-state index contributed by atoms with van der Waals surface area (Å²) in [5, 5.41) is 12.1. The molecule has 3 N–H and O–H groups in total. The second-order valence-electron chi connectivity index (χ2n) is 5.04. The van der Waals surface area contributed by atoms with Crippen molar-refractivity contribution in [1.29, 1.82) is 0 Å². The summed E-state index contributed by atoms with van der Waals surface area (Å²) in [7, 11) is -1.87. The van der Waals surface area contributed by atoms with E-state index in [4.69, 9.17) is 5.14 Å². The zero-order valence-electron chi connectivity index (χ0n) is 12.5. The van der Waals surface area contributed by atoms with Gasteiger partial charge < -0.3 is 5.32 Å². The maximum Gasteiger partial charge on any atom is 0.247 e.